The number of benzene rings is 8. The Balaban J connectivity index is 0.910. The predicted molar refractivity (Wildman–Crippen MR) is 247 cm³/mol. The molecule has 0 aliphatic carbocycles. The third kappa shape index (κ3) is 11.7. The van der Waals surface area contributed by atoms with E-state index in [2.05, 4.69) is 36.4 Å². The van der Waals surface area contributed by atoms with Crippen molar-refractivity contribution in [2.24, 2.45) is 20.5 Å². The molecule has 324 valence electrons. The molecule has 8 rings (SSSR count). The van der Waals surface area contributed by atoms with Gasteiger partial charge >= 0.3 is 347 Å². The second kappa shape index (κ2) is 21.3. The van der Waals surface area contributed by atoms with E-state index >= 15 is 0 Å². The number of hydrogen-bond donors (Lipinski definition) is 5. The molecule has 8 aromatic rings. The van der Waals surface area contributed by atoms with Gasteiger partial charge in [-0.05, 0) is 48.5 Å². The number of hydrogen-bond acceptors (Lipinski definition) is 13. The SMILES string of the molecule is CC(=O)[O][Hg][c]1ccc(N=Nc2c(O)c(C(=O)Nc3ccc(Nc4ccc(NC(=O)c5cc6ccccc6c(N=Nc6cc[c]([Hg][O]C(C)=O)cc6)c5O)cc4)cc3)cc3ccccc23)cc1. The van der Waals surface area contributed by atoms with E-state index in [0.29, 0.717) is 44.3 Å². The number of anilines is 4. The molecule has 0 aliphatic heterocycles. The number of aromatic hydroxyl groups is 2. The Bertz CT molecular complexity index is 3010. The van der Waals surface area contributed by atoms with Gasteiger partial charge in [-0.2, -0.15) is 0 Å². The van der Waals surface area contributed by atoms with Crippen LogP contribution in [0.15, 0.2) is 178 Å². The van der Waals surface area contributed by atoms with Crippen LogP contribution in [0.5, 0.6) is 11.5 Å². The van der Waals surface area contributed by atoms with E-state index in [4.69, 9.17) is 5.29 Å². The molecule has 8 aromatic carbocycles. The van der Waals surface area contributed by atoms with Crippen molar-refractivity contribution >= 4 is 96.9 Å². The number of carbonyl (C=O) groups excluding carboxylic acids is 4. The summed E-state index contributed by atoms with van der Waals surface area (Å²) in [4.78, 5) is 49.6. The van der Waals surface area contributed by atoms with Gasteiger partial charge in [-0.3, -0.25) is 0 Å². The second-order valence-electron chi connectivity index (χ2n) is 15.2. The molecule has 15 nitrogen and oxygen atoms in total. The van der Waals surface area contributed by atoms with Gasteiger partial charge in [0.05, 0.1) is 0 Å². The molecule has 0 aromatic heterocycles. The van der Waals surface area contributed by atoms with Gasteiger partial charge in [0, 0.05) is 11.4 Å². The molecule has 0 saturated heterocycles. The van der Waals surface area contributed by atoms with Gasteiger partial charge < -0.3 is 5.32 Å². The summed E-state index contributed by atoms with van der Waals surface area (Å²) < 4.78 is 12.5. The Kier molecular flexibility index (Phi) is 14.7. The van der Waals surface area contributed by atoms with Crippen LogP contribution in [-0.2, 0) is 64.9 Å². The molecule has 0 saturated carbocycles. The van der Waals surface area contributed by atoms with Gasteiger partial charge in [0.25, 0.3) is 0 Å². The van der Waals surface area contributed by atoms with E-state index in [1.807, 2.05) is 60.7 Å². The third-order valence-corrected chi connectivity index (χ3v) is 20.9. The Morgan fingerprint density at radius 2 is 0.821 bits per heavy atom. The van der Waals surface area contributed by atoms with Gasteiger partial charge in [0.1, 0.15) is 0 Å². The van der Waals surface area contributed by atoms with Crippen molar-refractivity contribution in [1.29, 1.82) is 0 Å². The van der Waals surface area contributed by atoms with Gasteiger partial charge in [-0.25, -0.2) is 0 Å². The van der Waals surface area contributed by atoms with Gasteiger partial charge in [-0.15, -0.1) is 0 Å². The molecule has 0 unspecified atom stereocenters. The Hall–Kier alpha value is -7.37. The molecule has 0 atom stereocenters. The molecule has 0 aliphatic rings. The average molecular weight is 1270 g/mol. The number of amides is 2. The number of phenolic OH excluding ortho intramolecular Hbond substituents is 2. The van der Waals surface area contributed by atoms with Crippen LogP contribution in [0.2, 0.25) is 0 Å². The minimum absolute atomic E-state index is 0.0225. The normalized spacial score (nSPS) is 11.0. The summed E-state index contributed by atoms with van der Waals surface area (Å²) in [5.74, 6) is -2.28. The minimum atomic E-state index is -1.99. The number of nitrogens with one attached hydrogen (secondary N) is 3. The quantitative estimate of drug-likeness (QED) is 0.0517. The van der Waals surface area contributed by atoms with Crippen LogP contribution in [0.25, 0.3) is 21.5 Å². The van der Waals surface area contributed by atoms with E-state index in [9.17, 15) is 29.4 Å². The maximum atomic E-state index is 13.6. The van der Waals surface area contributed by atoms with Crippen LogP contribution in [0, 0.1) is 0 Å². The molecule has 2 amide bonds. The summed E-state index contributed by atoms with van der Waals surface area (Å²) in [6, 6.07) is 46.2. The summed E-state index contributed by atoms with van der Waals surface area (Å²) in [5.41, 5.74) is 3.82. The van der Waals surface area contributed by atoms with Crippen molar-refractivity contribution in [2.45, 2.75) is 13.8 Å². The second-order valence-corrected chi connectivity index (χ2v) is 26.0. The zero-order chi connectivity index (χ0) is 46.9. The van der Waals surface area contributed by atoms with Crippen molar-refractivity contribution in [3.63, 3.8) is 0 Å². The molecule has 0 radical (unpaired) electrons. The third-order valence-electron chi connectivity index (χ3n) is 10.3. The van der Waals surface area contributed by atoms with Crippen LogP contribution in [0.1, 0.15) is 34.6 Å². The number of rotatable bonds is 14. The van der Waals surface area contributed by atoms with Crippen LogP contribution in [0.4, 0.5) is 45.5 Å². The summed E-state index contributed by atoms with van der Waals surface area (Å²) in [5, 5.41) is 51.7. The van der Waals surface area contributed by atoms with Crippen molar-refractivity contribution in [2.75, 3.05) is 16.0 Å². The first-order valence-corrected chi connectivity index (χ1v) is 30.8. The van der Waals surface area contributed by atoms with Crippen LogP contribution in [0.3, 0.4) is 0 Å². The summed E-state index contributed by atoms with van der Waals surface area (Å²) >= 11 is -3.98. The predicted octanol–water partition coefficient (Wildman–Crippen LogP) is 10.9. The fourth-order valence-electron chi connectivity index (χ4n) is 6.92. The molecule has 17 heteroatoms. The number of phenols is 2. The first kappa shape index (κ1) is 46.2. The topological polar surface area (TPSA) is 213 Å². The van der Waals surface area contributed by atoms with Gasteiger partial charge in [0.2, 0.25) is 0 Å². The first-order valence-electron chi connectivity index (χ1n) is 20.8. The summed E-state index contributed by atoms with van der Waals surface area (Å²) in [6.07, 6.45) is 0. The Morgan fingerprint density at radius 1 is 0.463 bits per heavy atom. The van der Waals surface area contributed by atoms with Gasteiger partial charge in [-0.1, -0.05) is 0 Å². The van der Waals surface area contributed by atoms with Crippen molar-refractivity contribution in [3.05, 3.63) is 169 Å². The number of fused-ring (bicyclic) bond motifs is 2. The monoisotopic (exact) mass is 1270 g/mol. The zero-order valence-corrected chi connectivity index (χ0v) is 47.1. The number of nitrogens with zero attached hydrogens (tertiary/aromatic N) is 4. The van der Waals surface area contributed by atoms with Crippen molar-refractivity contribution in [3.8, 4) is 11.5 Å². The average Bonchev–Trinajstić information content (AvgIpc) is 3.33. The standard InChI is InChI=1S/C46H31N7O4.2C2H4O2.2Hg/c54-43-39(27-29-11-7-9-17-37(29)41(43)52-50-35-13-3-1-4-14-35)45(56)48-33-23-19-31(20-24-33)47-32-21-25-34(26-22-32)49-46(57)40-28-30-12-8-10-18-38(30)42(44(40)55)53-51-36-15-5-2-6-16-36;2*1-2(3)4;;/h3-28,47,54-55H,(H,48,56)(H,49,57);2*1H3,(H,3,4);;/q;;;2*+1/p-2. The molecule has 0 bridgehead atoms. The van der Waals surface area contributed by atoms with E-state index in [-0.39, 0.29) is 45.9 Å². The molecule has 0 spiro atoms. The fraction of sp³-hybridized carbons (Fsp3) is 0.0400. The van der Waals surface area contributed by atoms with E-state index < -0.39 is 61.9 Å². The fourth-order valence-corrected chi connectivity index (χ4v) is 13.1. The maximum absolute atomic E-state index is 13.6. The molecule has 0 fully saturated rings. The van der Waals surface area contributed by atoms with Crippen LogP contribution in [-0.4, -0.2) is 34.0 Å². The Morgan fingerprint density at radius 3 is 1.19 bits per heavy atom. The molecule has 67 heavy (non-hydrogen) atoms. The molecule has 5 N–H and O–H groups in total. The van der Waals surface area contributed by atoms with Crippen LogP contribution >= 0.6 is 0 Å². The molecule has 0 heterocycles. The first-order chi connectivity index (χ1) is 32.5. The van der Waals surface area contributed by atoms with Crippen LogP contribution < -0.4 is 22.1 Å². The molecular formula is C50H37Hg2N7O8. The van der Waals surface area contributed by atoms with E-state index in [0.717, 1.165) is 17.5 Å². The zero-order valence-electron chi connectivity index (χ0n) is 36.1. The van der Waals surface area contributed by atoms with E-state index in [1.165, 1.54) is 13.8 Å². The number of carbonyl (C=O) groups is 4. The van der Waals surface area contributed by atoms with Crippen molar-refractivity contribution in [1.82, 2.24) is 0 Å². The molecular weight excluding hydrogens is 1230 g/mol. The van der Waals surface area contributed by atoms with Gasteiger partial charge in [0.15, 0.2) is 0 Å². The Labute approximate surface area is 409 Å². The summed E-state index contributed by atoms with van der Waals surface area (Å²) in [6.45, 7) is 2.79. The van der Waals surface area contributed by atoms with E-state index in [1.54, 1.807) is 97.1 Å². The number of azo groups is 2. The van der Waals surface area contributed by atoms with Crippen molar-refractivity contribution < 1.29 is 84.7 Å². The summed E-state index contributed by atoms with van der Waals surface area (Å²) in [7, 11) is 0.